The Kier molecular flexibility index (Phi) is 6.69. The molecule has 0 bridgehead atoms. The lowest BCUT2D eigenvalue weighted by Gasteiger charge is -2.08. The fourth-order valence-electron chi connectivity index (χ4n) is 2.31. The number of hydrogen-bond acceptors (Lipinski definition) is 6. The summed E-state index contributed by atoms with van der Waals surface area (Å²) in [5.41, 5.74) is 2.40. The van der Waals surface area contributed by atoms with Crippen molar-refractivity contribution in [1.29, 1.82) is 0 Å². The first-order valence-electron chi connectivity index (χ1n) is 8.55. The third kappa shape index (κ3) is 5.32. The normalized spacial score (nSPS) is 10.7. The zero-order valence-corrected chi connectivity index (χ0v) is 18.2. The van der Waals surface area contributed by atoms with Crippen molar-refractivity contribution in [2.75, 3.05) is 11.1 Å². The summed E-state index contributed by atoms with van der Waals surface area (Å²) in [5.74, 6) is 2.05. The van der Waals surface area contributed by atoms with Gasteiger partial charge in [0.05, 0.1) is 5.75 Å². The highest BCUT2D eigenvalue weighted by molar-refractivity contribution is 9.10. The summed E-state index contributed by atoms with van der Waals surface area (Å²) in [6.45, 7) is 4.42. The Balaban J connectivity index is 1.53. The van der Waals surface area contributed by atoms with Crippen molar-refractivity contribution in [1.82, 2.24) is 19.7 Å². The van der Waals surface area contributed by atoms with Gasteiger partial charge in [0.1, 0.15) is 18.2 Å². The number of aryl methyl sites for hydroxylation is 2. The van der Waals surface area contributed by atoms with E-state index in [-0.39, 0.29) is 11.7 Å². The Morgan fingerprint density at radius 3 is 2.75 bits per heavy atom. The second-order valence-electron chi connectivity index (χ2n) is 6.19. The quantitative estimate of drug-likeness (QED) is 0.537. The number of benzene rings is 1. The highest BCUT2D eigenvalue weighted by Crippen LogP contribution is 2.20. The fourth-order valence-corrected chi connectivity index (χ4v) is 3.27. The predicted molar refractivity (Wildman–Crippen MR) is 113 cm³/mol. The fraction of sp³-hybridized carbons (Fsp3) is 0.263. The molecule has 0 atom stereocenters. The number of halogens is 1. The number of nitrogens with one attached hydrogen (secondary N) is 1. The molecule has 3 rings (SSSR count). The number of carbonyl (C=O) groups excluding carboxylic acids is 1. The van der Waals surface area contributed by atoms with Crippen molar-refractivity contribution in [3.8, 4) is 5.75 Å². The Bertz CT molecular complexity index is 975. The molecule has 0 radical (unpaired) electrons. The summed E-state index contributed by atoms with van der Waals surface area (Å²) in [7, 11) is 1.86. The summed E-state index contributed by atoms with van der Waals surface area (Å²) in [5, 5.41) is 11.7. The van der Waals surface area contributed by atoms with Crippen molar-refractivity contribution >= 4 is 39.4 Å². The van der Waals surface area contributed by atoms with Gasteiger partial charge in [-0.15, -0.1) is 10.2 Å². The van der Waals surface area contributed by atoms with Crippen LogP contribution in [0.15, 0.2) is 46.2 Å². The van der Waals surface area contributed by atoms with Crippen LogP contribution in [-0.4, -0.2) is 31.4 Å². The number of carbonyl (C=O) groups is 1. The molecule has 0 spiro atoms. The van der Waals surface area contributed by atoms with Crippen LogP contribution in [0.2, 0.25) is 0 Å². The Morgan fingerprint density at radius 2 is 2.04 bits per heavy atom. The van der Waals surface area contributed by atoms with Gasteiger partial charge in [-0.2, -0.15) is 0 Å². The number of rotatable bonds is 7. The Labute approximate surface area is 176 Å². The van der Waals surface area contributed by atoms with E-state index in [0.717, 1.165) is 10.2 Å². The maximum atomic E-state index is 12.1. The number of aromatic nitrogens is 4. The van der Waals surface area contributed by atoms with Crippen LogP contribution >= 0.6 is 27.7 Å². The molecule has 146 valence electrons. The summed E-state index contributed by atoms with van der Waals surface area (Å²) >= 11 is 4.62. The predicted octanol–water partition coefficient (Wildman–Crippen LogP) is 3.90. The lowest BCUT2D eigenvalue weighted by Crippen LogP contribution is -2.15. The van der Waals surface area contributed by atoms with Gasteiger partial charge in [0.15, 0.2) is 11.0 Å². The molecule has 1 amide bonds. The van der Waals surface area contributed by atoms with E-state index in [2.05, 4.69) is 43.4 Å². The first kappa shape index (κ1) is 20.3. The number of hydrogen-bond donors (Lipinski definition) is 1. The summed E-state index contributed by atoms with van der Waals surface area (Å²) in [6, 6.07) is 9.52. The van der Waals surface area contributed by atoms with E-state index in [0.29, 0.717) is 23.4 Å². The van der Waals surface area contributed by atoms with Gasteiger partial charge in [-0.3, -0.25) is 4.79 Å². The molecule has 0 saturated carbocycles. The summed E-state index contributed by atoms with van der Waals surface area (Å²) in [6.07, 6.45) is 1.63. The van der Waals surface area contributed by atoms with E-state index in [1.165, 1.54) is 22.9 Å². The Hall–Kier alpha value is -2.39. The van der Waals surface area contributed by atoms with Gasteiger partial charge in [0.2, 0.25) is 5.91 Å². The molecule has 1 aromatic carbocycles. The van der Waals surface area contributed by atoms with Crippen LogP contribution in [0.1, 0.15) is 17.0 Å². The average molecular weight is 462 g/mol. The first-order valence-corrected chi connectivity index (χ1v) is 10.3. The molecule has 0 aliphatic rings. The van der Waals surface area contributed by atoms with E-state index in [1.54, 1.807) is 12.3 Å². The smallest absolute Gasteiger partial charge is 0.236 e. The van der Waals surface area contributed by atoms with Gasteiger partial charge >= 0.3 is 0 Å². The molecule has 0 aliphatic heterocycles. The average Bonchev–Trinajstić information content (AvgIpc) is 3.03. The molecule has 2 heterocycles. The topological polar surface area (TPSA) is 81.9 Å². The molecule has 7 nitrogen and oxygen atoms in total. The maximum Gasteiger partial charge on any atom is 0.236 e. The minimum Gasteiger partial charge on any atom is -0.486 e. The van der Waals surface area contributed by atoms with E-state index in [4.69, 9.17) is 4.74 Å². The van der Waals surface area contributed by atoms with E-state index < -0.39 is 0 Å². The molecule has 0 fully saturated rings. The maximum absolute atomic E-state index is 12.1. The Morgan fingerprint density at radius 1 is 1.21 bits per heavy atom. The molecular weight excluding hydrogens is 442 g/mol. The molecule has 1 N–H and O–H groups in total. The number of pyridine rings is 1. The third-order valence-electron chi connectivity index (χ3n) is 4.10. The second-order valence-corrected chi connectivity index (χ2v) is 8.05. The van der Waals surface area contributed by atoms with Gasteiger partial charge in [0, 0.05) is 17.7 Å². The van der Waals surface area contributed by atoms with Crippen LogP contribution in [0.4, 0.5) is 5.82 Å². The van der Waals surface area contributed by atoms with Crippen LogP contribution in [0, 0.1) is 13.8 Å². The van der Waals surface area contributed by atoms with Gasteiger partial charge in [-0.25, -0.2) is 4.98 Å². The SMILES string of the molecule is Cc1ccc(OCc2nnc(SCC(=O)Nc3ccc(Br)cn3)n2C)cc1C. The monoisotopic (exact) mass is 461 g/mol. The number of thioether (sulfide) groups is 1. The highest BCUT2D eigenvalue weighted by atomic mass is 79.9. The zero-order chi connectivity index (χ0) is 20.1. The molecule has 0 aliphatic carbocycles. The van der Waals surface area contributed by atoms with Crippen molar-refractivity contribution in [3.05, 3.63) is 58.0 Å². The number of anilines is 1. The minimum absolute atomic E-state index is 0.157. The number of amides is 1. The number of ether oxygens (including phenoxy) is 1. The molecule has 28 heavy (non-hydrogen) atoms. The third-order valence-corrected chi connectivity index (χ3v) is 5.59. The van der Waals surface area contributed by atoms with Crippen molar-refractivity contribution < 1.29 is 9.53 Å². The summed E-state index contributed by atoms with van der Waals surface area (Å²) in [4.78, 5) is 16.2. The molecular formula is C19H20BrN5O2S. The summed E-state index contributed by atoms with van der Waals surface area (Å²) < 4.78 is 8.50. The van der Waals surface area contributed by atoms with E-state index in [1.807, 2.05) is 42.8 Å². The van der Waals surface area contributed by atoms with Crippen LogP contribution in [0.5, 0.6) is 5.75 Å². The van der Waals surface area contributed by atoms with Crippen LogP contribution < -0.4 is 10.1 Å². The molecule has 3 aromatic rings. The van der Waals surface area contributed by atoms with E-state index >= 15 is 0 Å². The van der Waals surface area contributed by atoms with Crippen LogP contribution in [-0.2, 0) is 18.4 Å². The standard InChI is InChI=1S/C19H20BrN5O2S/c1-12-4-6-15(8-13(12)2)27-10-17-23-24-19(25(17)3)28-11-18(26)22-16-7-5-14(20)9-21-16/h4-9H,10-11H2,1-3H3,(H,21,22,26). The van der Waals surface area contributed by atoms with Gasteiger partial charge in [-0.1, -0.05) is 17.8 Å². The second kappa shape index (κ2) is 9.20. The minimum atomic E-state index is -0.157. The molecule has 0 unspecified atom stereocenters. The molecule has 2 aromatic heterocycles. The van der Waals surface area contributed by atoms with Gasteiger partial charge in [0.25, 0.3) is 0 Å². The van der Waals surface area contributed by atoms with Crippen molar-refractivity contribution in [2.45, 2.75) is 25.6 Å². The molecule has 9 heteroatoms. The van der Waals surface area contributed by atoms with Crippen LogP contribution in [0.3, 0.4) is 0 Å². The largest absolute Gasteiger partial charge is 0.486 e. The van der Waals surface area contributed by atoms with Crippen LogP contribution in [0.25, 0.3) is 0 Å². The molecule has 0 saturated heterocycles. The van der Waals surface area contributed by atoms with Gasteiger partial charge in [-0.05, 0) is 65.2 Å². The highest BCUT2D eigenvalue weighted by Gasteiger charge is 2.12. The first-order chi connectivity index (χ1) is 13.4. The number of nitrogens with zero attached hydrogens (tertiary/aromatic N) is 4. The van der Waals surface area contributed by atoms with Crippen molar-refractivity contribution in [3.63, 3.8) is 0 Å². The lowest BCUT2D eigenvalue weighted by molar-refractivity contribution is -0.113. The lowest BCUT2D eigenvalue weighted by atomic mass is 10.1. The van der Waals surface area contributed by atoms with E-state index in [9.17, 15) is 4.79 Å². The van der Waals surface area contributed by atoms with Crippen molar-refractivity contribution in [2.24, 2.45) is 7.05 Å². The van der Waals surface area contributed by atoms with Gasteiger partial charge < -0.3 is 14.6 Å². The zero-order valence-electron chi connectivity index (χ0n) is 15.8.